The molecular formula is C67H116O6. The smallest absolute Gasteiger partial charge is 0.306 e. The van der Waals surface area contributed by atoms with Gasteiger partial charge < -0.3 is 14.2 Å². The van der Waals surface area contributed by atoms with Crippen LogP contribution in [0.4, 0.5) is 0 Å². The molecule has 0 aliphatic carbocycles. The van der Waals surface area contributed by atoms with Gasteiger partial charge in [-0.3, -0.25) is 14.4 Å². The third-order valence-electron chi connectivity index (χ3n) is 13.4. The van der Waals surface area contributed by atoms with Crippen LogP contribution in [-0.4, -0.2) is 37.2 Å². The summed E-state index contributed by atoms with van der Waals surface area (Å²) in [4.78, 5) is 37.9. The molecule has 0 radical (unpaired) electrons. The molecule has 420 valence electrons. The maximum absolute atomic E-state index is 12.8. The summed E-state index contributed by atoms with van der Waals surface area (Å²) in [6.45, 7) is 6.45. The summed E-state index contributed by atoms with van der Waals surface area (Å²) in [6.07, 6.45) is 80.6. The molecule has 0 bridgehead atoms. The molecule has 0 aromatic rings. The van der Waals surface area contributed by atoms with E-state index in [-0.39, 0.29) is 31.1 Å². The molecule has 6 heteroatoms. The van der Waals surface area contributed by atoms with Gasteiger partial charge in [-0.1, -0.05) is 273 Å². The number of esters is 3. The first kappa shape index (κ1) is 69.6. The van der Waals surface area contributed by atoms with Crippen LogP contribution in [0.3, 0.4) is 0 Å². The van der Waals surface area contributed by atoms with Gasteiger partial charge in [0, 0.05) is 19.3 Å². The van der Waals surface area contributed by atoms with Gasteiger partial charge in [0.05, 0.1) is 0 Å². The van der Waals surface area contributed by atoms with Crippen molar-refractivity contribution in [2.45, 2.75) is 309 Å². The van der Waals surface area contributed by atoms with Gasteiger partial charge in [-0.05, 0) is 96.3 Å². The lowest BCUT2D eigenvalue weighted by Gasteiger charge is -2.18. The third kappa shape index (κ3) is 59.3. The van der Waals surface area contributed by atoms with Crippen LogP contribution in [0.1, 0.15) is 303 Å². The second-order valence-corrected chi connectivity index (χ2v) is 20.6. The Bertz CT molecular complexity index is 1400. The summed E-state index contributed by atoms with van der Waals surface area (Å²) >= 11 is 0. The van der Waals surface area contributed by atoms with E-state index in [4.69, 9.17) is 14.2 Å². The monoisotopic (exact) mass is 1020 g/mol. The van der Waals surface area contributed by atoms with Crippen molar-refractivity contribution in [3.63, 3.8) is 0 Å². The number of hydrogen-bond donors (Lipinski definition) is 0. The van der Waals surface area contributed by atoms with Crippen LogP contribution >= 0.6 is 0 Å². The van der Waals surface area contributed by atoms with E-state index < -0.39 is 6.10 Å². The number of rotatable bonds is 56. The Morgan fingerprint density at radius 3 is 0.836 bits per heavy atom. The fourth-order valence-electron chi connectivity index (χ4n) is 8.74. The Morgan fingerprint density at radius 2 is 0.534 bits per heavy atom. The molecule has 0 spiro atoms. The van der Waals surface area contributed by atoms with Crippen LogP contribution in [0, 0.1) is 0 Å². The van der Waals surface area contributed by atoms with Crippen LogP contribution in [0.25, 0.3) is 0 Å². The van der Waals surface area contributed by atoms with Crippen LogP contribution < -0.4 is 0 Å². The number of hydrogen-bond acceptors (Lipinski definition) is 6. The van der Waals surface area contributed by atoms with E-state index in [1.165, 1.54) is 161 Å². The van der Waals surface area contributed by atoms with Crippen molar-refractivity contribution in [2.24, 2.45) is 0 Å². The molecule has 0 aliphatic heterocycles. The van der Waals surface area contributed by atoms with Crippen molar-refractivity contribution < 1.29 is 28.6 Å². The van der Waals surface area contributed by atoms with Crippen molar-refractivity contribution in [3.8, 4) is 0 Å². The van der Waals surface area contributed by atoms with Crippen molar-refractivity contribution in [2.75, 3.05) is 13.2 Å². The fraction of sp³-hybridized carbons (Fsp3) is 0.746. The molecule has 0 saturated heterocycles. The first-order valence-corrected chi connectivity index (χ1v) is 31.1. The predicted octanol–water partition coefficient (Wildman–Crippen LogP) is 21.1. The minimum absolute atomic E-state index is 0.0770. The van der Waals surface area contributed by atoms with Crippen molar-refractivity contribution in [3.05, 3.63) is 85.1 Å². The summed E-state index contributed by atoms with van der Waals surface area (Å²) in [7, 11) is 0. The highest BCUT2D eigenvalue weighted by Crippen LogP contribution is 2.16. The first-order valence-electron chi connectivity index (χ1n) is 31.1. The standard InChI is InChI=1S/C67H116O6/c1-4-7-10-13-15-17-19-21-23-25-27-29-30-31-32-33-34-35-36-38-39-41-43-45-47-49-51-54-57-60-66(69)72-63-64(62-71-65(68)59-56-53-12-9-6-3)73-67(70)61-58-55-52-50-48-46-44-42-40-37-28-26-24-22-20-18-16-14-11-8-5-2/h7,10,15,17,20-23,26-29,31-32,64H,4-6,8-9,11-14,16,18-19,24-25,30,33-63H2,1-3H3/b10-7-,17-15-,22-20-,23-21-,28-26-,29-27-,32-31-. The van der Waals surface area contributed by atoms with E-state index >= 15 is 0 Å². The van der Waals surface area contributed by atoms with Crippen LogP contribution in [0.15, 0.2) is 85.1 Å². The van der Waals surface area contributed by atoms with Crippen molar-refractivity contribution >= 4 is 17.9 Å². The van der Waals surface area contributed by atoms with Gasteiger partial charge >= 0.3 is 17.9 Å². The molecule has 0 rings (SSSR count). The Morgan fingerprint density at radius 1 is 0.288 bits per heavy atom. The van der Waals surface area contributed by atoms with E-state index in [1.807, 2.05) is 0 Å². The first-order chi connectivity index (χ1) is 36.0. The van der Waals surface area contributed by atoms with Gasteiger partial charge in [-0.15, -0.1) is 0 Å². The Hall–Kier alpha value is -3.41. The lowest BCUT2D eigenvalue weighted by atomic mass is 10.0. The van der Waals surface area contributed by atoms with E-state index in [9.17, 15) is 14.4 Å². The number of allylic oxidation sites excluding steroid dienone is 14. The lowest BCUT2D eigenvalue weighted by Crippen LogP contribution is -2.30. The van der Waals surface area contributed by atoms with E-state index in [2.05, 4.69) is 106 Å². The van der Waals surface area contributed by atoms with E-state index in [0.717, 1.165) is 103 Å². The molecule has 6 nitrogen and oxygen atoms in total. The van der Waals surface area contributed by atoms with E-state index in [0.29, 0.717) is 19.3 Å². The van der Waals surface area contributed by atoms with Gasteiger partial charge in [-0.2, -0.15) is 0 Å². The van der Waals surface area contributed by atoms with Crippen LogP contribution in [0.2, 0.25) is 0 Å². The molecule has 0 aliphatic rings. The quantitative estimate of drug-likeness (QED) is 0.0261. The highest BCUT2D eigenvalue weighted by atomic mass is 16.6. The maximum atomic E-state index is 12.8. The van der Waals surface area contributed by atoms with Crippen molar-refractivity contribution in [1.29, 1.82) is 0 Å². The van der Waals surface area contributed by atoms with Gasteiger partial charge in [0.2, 0.25) is 0 Å². The molecule has 0 saturated carbocycles. The second kappa shape index (κ2) is 61.1. The predicted molar refractivity (Wildman–Crippen MR) is 316 cm³/mol. The van der Waals surface area contributed by atoms with Crippen LogP contribution in [0.5, 0.6) is 0 Å². The molecule has 73 heavy (non-hydrogen) atoms. The average Bonchev–Trinajstić information content (AvgIpc) is 3.39. The molecule has 0 amide bonds. The Balaban J connectivity index is 4.04. The third-order valence-corrected chi connectivity index (χ3v) is 13.4. The molecule has 0 fully saturated rings. The summed E-state index contributed by atoms with van der Waals surface area (Å²) in [6, 6.07) is 0. The van der Waals surface area contributed by atoms with Gasteiger partial charge in [0.15, 0.2) is 6.10 Å². The number of unbranched alkanes of at least 4 members (excludes halogenated alkanes) is 31. The lowest BCUT2D eigenvalue weighted by molar-refractivity contribution is -0.167. The van der Waals surface area contributed by atoms with Gasteiger partial charge in [0.25, 0.3) is 0 Å². The Labute approximate surface area is 452 Å². The number of carbonyl (C=O) groups is 3. The number of carbonyl (C=O) groups excluding carboxylic acids is 3. The summed E-state index contributed by atoms with van der Waals surface area (Å²) in [5.74, 6) is -0.887. The zero-order valence-corrected chi connectivity index (χ0v) is 48.1. The maximum Gasteiger partial charge on any atom is 0.306 e. The molecule has 1 atom stereocenters. The molecule has 0 N–H and O–H groups in total. The second-order valence-electron chi connectivity index (χ2n) is 20.6. The normalized spacial score (nSPS) is 12.6. The zero-order chi connectivity index (χ0) is 52.9. The van der Waals surface area contributed by atoms with Gasteiger partial charge in [-0.25, -0.2) is 0 Å². The molecule has 1 unspecified atom stereocenters. The minimum atomic E-state index is -0.775. The summed E-state index contributed by atoms with van der Waals surface area (Å²) in [5, 5.41) is 0. The zero-order valence-electron chi connectivity index (χ0n) is 48.1. The minimum Gasteiger partial charge on any atom is -0.462 e. The molecule has 0 aromatic carbocycles. The molecule has 0 aromatic heterocycles. The molecular weight excluding hydrogens is 901 g/mol. The van der Waals surface area contributed by atoms with Crippen molar-refractivity contribution in [1.82, 2.24) is 0 Å². The summed E-state index contributed by atoms with van der Waals surface area (Å²) in [5.41, 5.74) is 0. The number of ether oxygens (including phenoxy) is 3. The van der Waals surface area contributed by atoms with Crippen LogP contribution in [-0.2, 0) is 28.6 Å². The largest absolute Gasteiger partial charge is 0.462 e. The average molecular weight is 1020 g/mol. The molecule has 0 heterocycles. The van der Waals surface area contributed by atoms with E-state index in [1.54, 1.807) is 0 Å². The SMILES string of the molecule is CC/C=C\C/C=C\C/C=C\C/C=C\C/C=C\CCCCCCCCCCCCCCCC(=O)OCC(COC(=O)CCCCCCC)OC(=O)CCCCCCCCCCC/C=C\C/C=C\CCCCCCC. The fourth-order valence-corrected chi connectivity index (χ4v) is 8.74. The topological polar surface area (TPSA) is 78.9 Å². The van der Waals surface area contributed by atoms with Gasteiger partial charge in [0.1, 0.15) is 13.2 Å². The Kier molecular flexibility index (Phi) is 58.3. The highest BCUT2D eigenvalue weighted by molar-refractivity contribution is 5.71. The summed E-state index contributed by atoms with van der Waals surface area (Å²) < 4.78 is 16.8. The highest BCUT2D eigenvalue weighted by Gasteiger charge is 2.19.